The number of hydrogen-bond acceptors (Lipinski definition) is 7. The second-order valence-electron chi connectivity index (χ2n) is 14.0. The third kappa shape index (κ3) is 11.0. The number of rotatable bonds is 19. The predicted molar refractivity (Wildman–Crippen MR) is 212 cm³/mol. The van der Waals surface area contributed by atoms with Gasteiger partial charge in [-0.25, -0.2) is 4.39 Å². The van der Waals surface area contributed by atoms with Gasteiger partial charge in [0.25, 0.3) is 5.91 Å². The lowest BCUT2D eigenvalue weighted by Crippen LogP contribution is -2.23. The Bertz CT molecular complexity index is 2000. The zero-order valence-corrected chi connectivity index (χ0v) is 31.7. The molecule has 0 aliphatic rings. The molecule has 0 aliphatic carbocycles. The molecule has 0 fully saturated rings. The Morgan fingerprint density at radius 3 is 2.00 bits per heavy atom. The first-order valence-electron chi connectivity index (χ1n) is 18.5. The third-order valence-electron chi connectivity index (χ3n) is 9.42. The van der Waals surface area contributed by atoms with Crippen molar-refractivity contribution in [3.63, 3.8) is 0 Å². The normalized spacial score (nSPS) is 12.9. The van der Waals surface area contributed by atoms with Gasteiger partial charge in [-0.15, -0.1) is 0 Å². The highest BCUT2D eigenvalue weighted by Gasteiger charge is 2.31. The average molecular weight is 752 g/mol. The monoisotopic (exact) mass is 751 g/mol. The Kier molecular flexibility index (Phi) is 14.2. The van der Waals surface area contributed by atoms with Gasteiger partial charge < -0.3 is 40.0 Å². The van der Waals surface area contributed by atoms with Crippen LogP contribution in [0.15, 0.2) is 103 Å². The molecule has 0 aliphatic heterocycles. The summed E-state index contributed by atoms with van der Waals surface area (Å²) >= 11 is 0. The van der Waals surface area contributed by atoms with Crippen LogP contribution in [-0.2, 0) is 17.8 Å². The van der Waals surface area contributed by atoms with Crippen LogP contribution >= 0.6 is 0 Å². The van der Waals surface area contributed by atoms with Crippen molar-refractivity contribution in [3.05, 3.63) is 126 Å². The quantitative estimate of drug-likeness (QED) is 0.0537. The van der Waals surface area contributed by atoms with Crippen molar-refractivity contribution in [3.8, 4) is 33.9 Å². The summed E-state index contributed by atoms with van der Waals surface area (Å²) in [6.07, 6.45) is -1.74. The van der Waals surface area contributed by atoms with E-state index in [9.17, 15) is 24.2 Å². The second-order valence-corrected chi connectivity index (χ2v) is 14.0. The van der Waals surface area contributed by atoms with E-state index in [1.165, 1.54) is 17.7 Å². The highest BCUT2D eigenvalue weighted by molar-refractivity contribution is 6.12. The Labute approximate surface area is 321 Å². The number of nitrogens with zero attached hydrogens (tertiary/aromatic N) is 1. The lowest BCUT2D eigenvalue weighted by Gasteiger charge is -2.20. The summed E-state index contributed by atoms with van der Waals surface area (Å²) in [5, 5.41) is 36.4. The van der Waals surface area contributed by atoms with Crippen LogP contribution in [0.1, 0.15) is 67.6 Å². The van der Waals surface area contributed by atoms with Crippen molar-refractivity contribution in [2.75, 3.05) is 19.2 Å². The number of hydrogen-bond donors (Lipinski definition) is 5. The van der Waals surface area contributed by atoms with E-state index in [-0.39, 0.29) is 38.0 Å². The van der Waals surface area contributed by atoms with Gasteiger partial charge in [0.1, 0.15) is 17.3 Å². The summed E-state index contributed by atoms with van der Waals surface area (Å²) in [6, 6.07) is 30.8. The number of halogens is 1. The molecule has 0 spiro atoms. The molecule has 3 atom stereocenters. The van der Waals surface area contributed by atoms with Crippen LogP contribution in [0.4, 0.5) is 10.1 Å². The number of aliphatic carboxylic acids is 1. The van der Waals surface area contributed by atoms with Crippen LogP contribution in [0.3, 0.4) is 0 Å². The van der Waals surface area contributed by atoms with Crippen LogP contribution in [0, 0.1) is 5.82 Å². The van der Waals surface area contributed by atoms with E-state index in [1.54, 1.807) is 36.4 Å². The standard InChI is InChI=1S/C44H50FN3O7/c1-28(2)42-41(44(53)47-34-16-20-38(21-17-34)55-27-54-37-18-10-30(11-19-37)24-29(3)46-4)40(31-8-6-5-7-9-31)43(32-12-14-33(45)15-13-32)48(42)23-22-35(49)25-36(50)26-39(51)52/h5-21,28-29,35-36,46,49-50H,22-27H2,1-4H3,(H,47,53)(H,51,52)/t29?,35-,36-/m1/s1. The topological polar surface area (TPSA) is 142 Å². The smallest absolute Gasteiger partial charge is 0.305 e. The average Bonchev–Trinajstić information content (AvgIpc) is 3.51. The zero-order chi connectivity index (χ0) is 39.5. The van der Waals surface area contributed by atoms with Crippen molar-refractivity contribution in [2.24, 2.45) is 0 Å². The Morgan fingerprint density at radius 1 is 0.800 bits per heavy atom. The lowest BCUT2D eigenvalue weighted by atomic mass is 9.94. The van der Waals surface area contributed by atoms with Gasteiger partial charge in [-0.05, 0) is 117 Å². The number of benzene rings is 4. The van der Waals surface area contributed by atoms with Gasteiger partial charge in [0.05, 0.1) is 29.9 Å². The van der Waals surface area contributed by atoms with Crippen molar-refractivity contribution in [1.29, 1.82) is 0 Å². The first-order chi connectivity index (χ1) is 26.4. The van der Waals surface area contributed by atoms with Crippen molar-refractivity contribution >= 4 is 17.6 Å². The van der Waals surface area contributed by atoms with E-state index >= 15 is 0 Å². The van der Waals surface area contributed by atoms with Gasteiger partial charge in [-0.3, -0.25) is 9.59 Å². The number of amides is 1. The Hall–Kier alpha value is -5.49. The maximum Gasteiger partial charge on any atom is 0.305 e. The maximum atomic E-state index is 14.5. The van der Waals surface area contributed by atoms with Crippen molar-refractivity contribution in [2.45, 2.75) is 77.2 Å². The fourth-order valence-corrected chi connectivity index (χ4v) is 6.66. The summed E-state index contributed by atoms with van der Waals surface area (Å²) in [7, 11) is 1.94. The summed E-state index contributed by atoms with van der Waals surface area (Å²) in [5.74, 6) is -0.838. The molecule has 1 amide bonds. The van der Waals surface area contributed by atoms with Gasteiger partial charge in [-0.1, -0.05) is 56.3 Å². The Balaban J connectivity index is 1.42. The minimum Gasteiger partial charge on any atom is -0.481 e. The van der Waals surface area contributed by atoms with Crippen LogP contribution in [0.25, 0.3) is 22.4 Å². The number of carbonyl (C=O) groups excluding carboxylic acids is 1. The highest BCUT2D eigenvalue weighted by Crippen LogP contribution is 2.43. The largest absolute Gasteiger partial charge is 0.481 e. The predicted octanol–water partition coefficient (Wildman–Crippen LogP) is 7.88. The summed E-state index contributed by atoms with van der Waals surface area (Å²) in [6.45, 7) is 6.32. The van der Waals surface area contributed by atoms with Crippen molar-refractivity contribution in [1.82, 2.24) is 9.88 Å². The molecule has 0 saturated heterocycles. The van der Waals surface area contributed by atoms with Crippen molar-refractivity contribution < 1.29 is 38.8 Å². The second kappa shape index (κ2) is 19.2. The molecule has 5 aromatic rings. The number of aliphatic hydroxyl groups is 2. The number of aromatic nitrogens is 1. The molecule has 290 valence electrons. The molecule has 11 heteroatoms. The van der Waals surface area contributed by atoms with Crippen LogP contribution in [-0.4, -0.2) is 63.9 Å². The number of carbonyl (C=O) groups is 2. The fourth-order valence-electron chi connectivity index (χ4n) is 6.66. The number of nitrogens with one attached hydrogen (secondary N) is 2. The lowest BCUT2D eigenvalue weighted by molar-refractivity contribution is -0.139. The molecule has 4 aromatic carbocycles. The summed E-state index contributed by atoms with van der Waals surface area (Å²) in [5.41, 5.74) is 5.64. The zero-order valence-electron chi connectivity index (χ0n) is 31.7. The van der Waals surface area contributed by atoms with Crippen LogP contribution in [0.5, 0.6) is 11.5 Å². The SMILES string of the molecule is CNC(C)Cc1ccc(OCOc2ccc(NC(=O)c3c(-c4ccccc4)c(-c4ccc(F)cc4)n(CC[C@@H](O)C[C@@H](O)CC(=O)O)c3C(C)C)cc2)cc1. The van der Waals surface area contributed by atoms with E-state index in [2.05, 4.69) is 17.6 Å². The minimum absolute atomic E-state index is 0.00303. The molecule has 10 nitrogen and oxygen atoms in total. The number of carboxylic acid groups (broad SMARTS) is 1. The van der Waals surface area contributed by atoms with Crippen LogP contribution in [0.2, 0.25) is 0 Å². The van der Waals surface area contributed by atoms with Gasteiger partial charge in [-0.2, -0.15) is 0 Å². The van der Waals surface area contributed by atoms with E-state index < -0.39 is 30.4 Å². The molecule has 5 N–H and O–H groups in total. The number of carboxylic acids is 1. The third-order valence-corrected chi connectivity index (χ3v) is 9.42. The molecule has 55 heavy (non-hydrogen) atoms. The summed E-state index contributed by atoms with van der Waals surface area (Å²) in [4.78, 5) is 25.6. The first kappa shape index (κ1) is 40.7. The van der Waals surface area contributed by atoms with E-state index in [4.69, 9.17) is 14.6 Å². The van der Waals surface area contributed by atoms with E-state index in [0.29, 0.717) is 51.3 Å². The number of ether oxygens (including phenoxy) is 2. The van der Waals surface area contributed by atoms with E-state index in [0.717, 1.165) is 12.0 Å². The van der Waals surface area contributed by atoms with E-state index in [1.807, 2.05) is 80.1 Å². The number of aliphatic hydroxyl groups excluding tert-OH is 2. The Morgan fingerprint density at radius 2 is 1.42 bits per heavy atom. The fraction of sp³-hybridized carbons (Fsp3) is 0.318. The molecule has 1 aromatic heterocycles. The summed E-state index contributed by atoms with van der Waals surface area (Å²) < 4.78 is 27.8. The molecule has 1 unspecified atom stereocenters. The van der Waals surface area contributed by atoms with Gasteiger partial charge in [0.2, 0.25) is 6.79 Å². The molecule has 0 radical (unpaired) electrons. The highest BCUT2D eigenvalue weighted by atomic mass is 19.1. The van der Waals surface area contributed by atoms with Crippen LogP contribution < -0.4 is 20.1 Å². The molecular formula is C44H50FN3O7. The molecule has 0 saturated carbocycles. The van der Waals surface area contributed by atoms with Gasteiger partial charge >= 0.3 is 5.97 Å². The van der Waals surface area contributed by atoms with Gasteiger partial charge in [0, 0.05) is 29.5 Å². The minimum atomic E-state index is -1.21. The maximum absolute atomic E-state index is 14.5. The molecular weight excluding hydrogens is 701 g/mol. The molecule has 5 rings (SSSR count). The first-order valence-corrected chi connectivity index (χ1v) is 18.5. The number of likely N-dealkylation sites (N-methyl/N-ethyl adjacent to an activating group) is 1. The molecule has 1 heterocycles. The molecule has 0 bridgehead atoms. The van der Waals surface area contributed by atoms with Gasteiger partial charge in [0.15, 0.2) is 0 Å². The number of anilines is 1.